The molecule has 7 heteroatoms. The summed E-state index contributed by atoms with van der Waals surface area (Å²) >= 11 is 1.18. The van der Waals surface area contributed by atoms with Crippen molar-refractivity contribution in [3.05, 3.63) is 56.4 Å². The number of anilines is 1. The number of hydrogen-bond acceptors (Lipinski definition) is 5. The van der Waals surface area contributed by atoms with Gasteiger partial charge in [-0.15, -0.1) is 11.3 Å². The van der Waals surface area contributed by atoms with Crippen LogP contribution in [0.25, 0.3) is 10.2 Å². The zero-order valence-electron chi connectivity index (χ0n) is 15.0. The minimum atomic E-state index is -0.301. The topological polar surface area (TPSA) is 81.1 Å². The van der Waals surface area contributed by atoms with Crippen LogP contribution in [-0.2, 0) is 11.3 Å². The van der Waals surface area contributed by atoms with E-state index >= 15 is 0 Å². The molecular formula is C19H19N3O3S. The molecule has 0 atom stereocenters. The lowest BCUT2D eigenvalue weighted by Crippen LogP contribution is -2.23. The Labute approximate surface area is 154 Å². The van der Waals surface area contributed by atoms with Gasteiger partial charge in [-0.05, 0) is 44.9 Å². The van der Waals surface area contributed by atoms with E-state index in [4.69, 9.17) is 0 Å². The predicted octanol–water partition coefficient (Wildman–Crippen LogP) is 3.22. The summed E-state index contributed by atoms with van der Waals surface area (Å²) in [5.41, 5.74) is 3.11. The van der Waals surface area contributed by atoms with E-state index in [1.165, 1.54) is 29.2 Å². The van der Waals surface area contributed by atoms with Gasteiger partial charge < -0.3 is 5.32 Å². The minimum Gasteiger partial charge on any atom is -0.321 e. The lowest BCUT2D eigenvalue weighted by Gasteiger charge is -2.08. The smallest absolute Gasteiger partial charge is 0.266 e. The summed E-state index contributed by atoms with van der Waals surface area (Å²) in [7, 11) is 0. The molecule has 6 nitrogen and oxygen atoms in total. The van der Waals surface area contributed by atoms with E-state index < -0.39 is 0 Å². The molecule has 0 fully saturated rings. The lowest BCUT2D eigenvalue weighted by molar-refractivity contribution is -0.117. The Morgan fingerprint density at radius 1 is 1.23 bits per heavy atom. The molecule has 0 aliphatic carbocycles. The zero-order valence-corrected chi connectivity index (χ0v) is 15.9. The highest BCUT2D eigenvalue weighted by atomic mass is 32.1. The summed E-state index contributed by atoms with van der Waals surface area (Å²) in [6, 6.07) is 5.79. The third-order valence-corrected chi connectivity index (χ3v) is 5.35. The Hall–Kier alpha value is -2.80. The number of amides is 1. The summed E-state index contributed by atoms with van der Waals surface area (Å²) in [5, 5.41) is 3.30. The van der Waals surface area contributed by atoms with E-state index in [1.807, 2.05) is 32.0 Å². The molecule has 1 amide bonds. The Balaban J connectivity index is 2.01. The first kappa shape index (κ1) is 18.0. The van der Waals surface area contributed by atoms with Crippen LogP contribution in [0.4, 0.5) is 5.69 Å². The van der Waals surface area contributed by atoms with E-state index in [-0.39, 0.29) is 23.8 Å². The summed E-state index contributed by atoms with van der Waals surface area (Å²) in [6.45, 7) is 7.05. The van der Waals surface area contributed by atoms with E-state index in [1.54, 1.807) is 6.92 Å². The van der Waals surface area contributed by atoms with Crippen LogP contribution in [0.1, 0.15) is 33.3 Å². The van der Waals surface area contributed by atoms with Crippen molar-refractivity contribution in [1.82, 2.24) is 9.55 Å². The van der Waals surface area contributed by atoms with E-state index in [0.717, 1.165) is 16.8 Å². The Morgan fingerprint density at radius 3 is 2.62 bits per heavy atom. The molecule has 0 aliphatic rings. The molecule has 0 saturated heterocycles. The highest BCUT2D eigenvalue weighted by molar-refractivity contribution is 7.20. The second-order valence-electron chi connectivity index (χ2n) is 6.39. The maximum atomic E-state index is 12.7. The fraction of sp³-hybridized carbons (Fsp3) is 0.263. The highest BCUT2D eigenvalue weighted by Crippen LogP contribution is 2.28. The number of ketones is 1. The first-order chi connectivity index (χ1) is 12.3. The molecule has 0 unspecified atom stereocenters. The molecule has 2 heterocycles. The van der Waals surface area contributed by atoms with Crippen molar-refractivity contribution in [3.8, 4) is 0 Å². The normalized spacial score (nSPS) is 10.9. The fourth-order valence-electron chi connectivity index (χ4n) is 2.86. The first-order valence-electron chi connectivity index (χ1n) is 8.14. The number of nitrogens with one attached hydrogen (secondary N) is 1. The van der Waals surface area contributed by atoms with Gasteiger partial charge in [-0.1, -0.05) is 17.7 Å². The van der Waals surface area contributed by atoms with Crippen LogP contribution >= 0.6 is 11.3 Å². The molecular weight excluding hydrogens is 350 g/mol. The van der Waals surface area contributed by atoms with Gasteiger partial charge in [-0.2, -0.15) is 0 Å². The Morgan fingerprint density at radius 2 is 1.96 bits per heavy atom. The number of aromatic nitrogens is 2. The number of nitrogens with zero attached hydrogens (tertiary/aromatic N) is 2. The predicted molar refractivity (Wildman–Crippen MR) is 103 cm³/mol. The summed E-state index contributed by atoms with van der Waals surface area (Å²) in [4.78, 5) is 41.8. The van der Waals surface area contributed by atoms with Gasteiger partial charge >= 0.3 is 0 Å². The van der Waals surface area contributed by atoms with E-state index in [9.17, 15) is 14.4 Å². The van der Waals surface area contributed by atoms with Crippen LogP contribution < -0.4 is 10.9 Å². The standard InChI is InChI=1S/C19H19N3O3S/c1-10-5-6-14(11(2)7-10)21-17(24)16-13(4)15-18(26-16)20-9-22(19(15)25)8-12(3)23/h5-7,9H,8H2,1-4H3,(H,21,24). The van der Waals surface area contributed by atoms with Crippen molar-refractivity contribution < 1.29 is 9.59 Å². The number of Topliss-reactive ketones (excluding diaryl/α,β-unsaturated/α-hetero) is 1. The average molecular weight is 369 g/mol. The number of benzene rings is 1. The number of thiophene rings is 1. The third kappa shape index (κ3) is 3.30. The molecule has 2 aromatic heterocycles. The van der Waals surface area contributed by atoms with Gasteiger partial charge in [-0.25, -0.2) is 4.98 Å². The maximum Gasteiger partial charge on any atom is 0.266 e. The number of rotatable bonds is 4. The SMILES string of the molecule is CC(=O)Cn1cnc2sc(C(=O)Nc3ccc(C)cc3C)c(C)c2c1=O. The monoisotopic (exact) mass is 369 g/mol. The van der Waals surface area contributed by atoms with E-state index in [2.05, 4.69) is 10.3 Å². The Kier molecular flexibility index (Phi) is 4.73. The maximum absolute atomic E-state index is 12.7. The van der Waals surface area contributed by atoms with Crippen LogP contribution in [0.5, 0.6) is 0 Å². The second kappa shape index (κ2) is 6.84. The molecule has 0 radical (unpaired) electrons. The van der Waals surface area contributed by atoms with Crippen LogP contribution in [0.3, 0.4) is 0 Å². The second-order valence-corrected chi connectivity index (χ2v) is 7.39. The molecule has 1 N–H and O–H groups in total. The van der Waals surface area contributed by atoms with E-state index in [0.29, 0.717) is 20.7 Å². The molecule has 3 rings (SSSR count). The molecule has 0 bridgehead atoms. The number of fused-ring (bicyclic) bond motifs is 1. The number of carbonyl (C=O) groups excluding carboxylic acids is 2. The molecule has 26 heavy (non-hydrogen) atoms. The minimum absolute atomic E-state index is 0.0266. The van der Waals surface area contributed by atoms with Gasteiger partial charge in [0, 0.05) is 5.69 Å². The van der Waals surface area contributed by atoms with Gasteiger partial charge in [0.2, 0.25) is 0 Å². The fourth-order valence-corrected chi connectivity index (χ4v) is 3.90. The number of aryl methyl sites for hydroxylation is 3. The van der Waals surface area contributed by atoms with Gasteiger partial charge in [0.05, 0.1) is 23.1 Å². The molecule has 0 saturated carbocycles. The third-order valence-electron chi connectivity index (χ3n) is 4.15. The number of hydrogen-bond donors (Lipinski definition) is 1. The highest BCUT2D eigenvalue weighted by Gasteiger charge is 2.20. The molecule has 0 aliphatic heterocycles. The van der Waals surface area contributed by atoms with Crippen molar-refractivity contribution in [2.24, 2.45) is 0 Å². The summed E-state index contributed by atoms with van der Waals surface area (Å²) in [5.74, 6) is -0.399. The molecule has 0 spiro atoms. The van der Waals surface area contributed by atoms with Crippen molar-refractivity contribution in [3.63, 3.8) is 0 Å². The Bertz CT molecular complexity index is 1100. The lowest BCUT2D eigenvalue weighted by atomic mass is 10.1. The van der Waals surface area contributed by atoms with Crippen molar-refractivity contribution >= 4 is 38.9 Å². The van der Waals surface area contributed by atoms with Crippen LogP contribution in [0.15, 0.2) is 29.3 Å². The van der Waals surface area contributed by atoms with Crippen molar-refractivity contribution in [2.75, 3.05) is 5.32 Å². The van der Waals surface area contributed by atoms with Crippen LogP contribution in [-0.4, -0.2) is 21.2 Å². The van der Waals surface area contributed by atoms with Crippen LogP contribution in [0, 0.1) is 20.8 Å². The average Bonchev–Trinajstić information content (AvgIpc) is 2.90. The van der Waals surface area contributed by atoms with Crippen molar-refractivity contribution in [2.45, 2.75) is 34.2 Å². The van der Waals surface area contributed by atoms with Crippen LogP contribution in [0.2, 0.25) is 0 Å². The zero-order chi connectivity index (χ0) is 19.0. The number of carbonyl (C=O) groups is 2. The largest absolute Gasteiger partial charge is 0.321 e. The molecule has 134 valence electrons. The van der Waals surface area contributed by atoms with Gasteiger partial charge in [0.15, 0.2) is 0 Å². The molecule has 1 aromatic carbocycles. The summed E-state index contributed by atoms with van der Waals surface area (Å²) < 4.78 is 1.27. The quantitative estimate of drug-likeness (QED) is 0.766. The van der Waals surface area contributed by atoms with Gasteiger partial charge in [0.1, 0.15) is 10.6 Å². The van der Waals surface area contributed by atoms with Gasteiger partial charge in [-0.3, -0.25) is 19.0 Å². The first-order valence-corrected chi connectivity index (χ1v) is 8.96. The summed E-state index contributed by atoms with van der Waals surface area (Å²) in [6.07, 6.45) is 1.35. The van der Waals surface area contributed by atoms with Crippen molar-refractivity contribution in [1.29, 1.82) is 0 Å². The van der Waals surface area contributed by atoms with Gasteiger partial charge in [0.25, 0.3) is 11.5 Å². The molecule has 3 aromatic rings.